The highest BCUT2D eigenvalue weighted by atomic mass is 32.1. The third-order valence-electron chi connectivity index (χ3n) is 5.30. The van der Waals surface area contributed by atoms with Crippen LogP contribution >= 0.6 is 11.3 Å². The average Bonchev–Trinajstić information content (AvgIpc) is 3.41. The van der Waals surface area contributed by atoms with Gasteiger partial charge in [0, 0.05) is 67.5 Å². The number of aromatic nitrogens is 2. The lowest BCUT2D eigenvalue weighted by atomic mass is 10.1. The first-order chi connectivity index (χ1) is 14.6. The number of aliphatic hydroxyl groups is 1. The van der Waals surface area contributed by atoms with Gasteiger partial charge in [0.15, 0.2) is 0 Å². The van der Waals surface area contributed by atoms with Crippen molar-refractivity contribution in [2.75, 3.05) is 32.7 Å². The molecule has 0 spiro atoms. The Labute approximate surface area is 179 Å². The third kappa shape index (κ3) is 5.11. The molecule has 158 valence electrons. The number of piperazine rings is 1. The van der Waals surface area contributed by atoms with E-state index in [1.807, 2.05) is 24.4 Å². The fourth-order valence-electron chi connectivity index (χ4n) is 3.78. The van der Waals surface area contributed by atoms with Gasteiger partial charge < -0.3 is 5.11 Å². The molecule has 0 radical (unpaired) electrons. The molecule has 1 aromatic carbocycles. The predicted molar refractivity (Wildman–Crippen MR) is 116 cm³/mol. The van der Waals surface area contributed by atoms with Crippen LogP contribution in [0.5, 0.6) is 0 Å². The van der Waals surface area contributed by atoms with E-state index in [1.165, 1.54) is 4.88 Å². The molecule has 1 aliphatic heterocycles. The predicted octanol–water partition coefficient (Wildman–Crippen LogP) is 2.70. The zero-order valence-corrected chi connectivity index (χ0v) is 17.4. The van der Waals surface area contributed by atoms with Crippen LogP contribution in [0.4, 0.5) is 5.69 Å². The summed E-state index contributed by atoms with van der Waals surface area (Å²) in [6.45, 7) is 5.71. The summed E-state index contributed by atoms with van der Waals surface area (Å²) in [5.41, 5.74) is 0.822. The van der Waals surface area contributed by atoms with E-state index < -0.39 is 6.10 Å². The van der Waals surface area contributed by atoms with E-state index >= 15 is 0 Å². The van der Waals surface area contributed by atoms with Gasteiger partial charge in [0.25, 0.3) is 5.69 Å². The van der Waals surface area contributed by atoms with Gasteiger partial charge in [0.05, 0.1) is 23.1 Å². The van der Waals surface area contributed by atoms with Gasteiger partial charge in [-0.3, -0.25) is 24.6 Å². The van der Waals surface area contributed by atoms with Gasteiger partial charge in [-0.05, 0) is 24.3 Å². The summed E-state index contributed by atoms with van der Waals surface area (Å²) in [5, 5.41) is 25.7. The molecule has 0 bridgehead atoms. The summed E-state index contributed by atoms with van der Waals surface area (Å²) >= 11 is 1.62. The van der Waals surface area contributed by atoms with Gasteiger partial charge in [-0.2, -0.15) is 5.10 Å². The van der Waals surface area contributed by atoms with Crippen molar-refractivity contribution in [3.8, 4) is 10.4 Å². The van der Waals surface area contributed by atoms with Gasteiger partial charge in [0.1, 0.15) is 0 Å². The largest absolute Gasteiger partial charge is 0.390 e. The molecule has 3 aromatic rings. The SMILES string of the molecule is O=[N+]([O-])c1ccccc1-c1ccc(CN2CCN(C[C@H](O)Cn3cccn3)CC2)s1. The molecule has 0 aliphatic carbocycles. The van der Waals surface area contributed by atoms with E-state index in [4.69, 9.17) is 0 Å². The summed E-state index contributed by atoms with van der Waals surface area (Å²) in [6, 6.07) is 12.8. The molecule has 1 saturated heterocycles. The summed E-state index contributed by atoms with van der Waals surface area (Å²) in [4.78, 5) is 17.8. The normalized spacial score (nSPS) is 16.6. The van der Waals surface area contributed by atoms with E-state index in [-0.39, 0.29) is 10.6 Å². The lowest BCUT2D eigenvalue weighted by Crippen LogP contribution is -2.48. The van der Waals surface area contributed by atoms with E-state index in [1.54, 1.807) is 40.4 Å². The second-order valence-corrected chi connectivity index (χ2v) is 8.67. The number of nitro groups is 1. The van der Waals surface area contributed by atoms with Crippen LogP contribution in [0.25, 0.3) is 10.4 Å². The van der Waals surface area contributed by atoms with Crippen LogP contribution < -0.4 is 0 Å². The molecule has 0 unspecified atom stereocenters. The molecule has 1 atom stereocenters. The number of rotatable bonds is 8. The molecule has 2 aromatic heterocycles. The Hall–Kier alpha value is -2.59. The van der Waals surface area contributed by atoms with Crippen molar-refractivity contribution in [3.05, 3.63) is 69.8 Å². The number of nitrogens with zero attached hydrogens (tertiary/aromatic N) is 5. The minimum absolute atomic E-state index is 0.146. The second-order valence-electron chi connectivity index (χ2n) is 7.50. The monoisotopic (exact) mass is 427 g/mol. The van der Waals surface area contributed by atoms with Crippen molar-refractivity contribution in [1.29, 1.82) is 0 Å². The van der Waals surface area contributed by atoms with Gasteiger partial charge >= 0.3 is 0 Å². The highest BCUT2D eigenvalue weighted by Gasteiger charge is 2.21. The number of hydrogen-bond donors (Lipinski definition) is 1. The number of nitro benzene ring substituents is 1. The average molecular weight is 428 g/mol. The lowest BCUT2D eigenvalue weighted by molar-refractivity contribution is -0.384. The first-order valence-electron chi connectivity index (χ1n) is 10.0. The molecule has 4 rings (SSSR count). The van der Waals surface area contributed by atoms with E-state index in [2.05, 4.69) is 21.0 Å². The number of β-amino-alcohol motifs (C(OH)–C–C–N with tert-alkyl or cyclic N) is 1. The highest BCUT2D eigenvalue weighted by Crippen LogP contribution is 2.35. The van der Waals surface area contributed by atoms with Crippen molar-refractivity contribution in [1.82, 2.24) is 19.6 Å². The Morgan fingerprint density at radius 1 is 1.07 bits per heavy atom. The van der Waals surface area contributed by atoms with Crippen molar-refractivity contribution in [2.24, 2.45) is 0 Å². The number of aliphatic hydroxyl groups excluding tert-OH is 1. The zero-order chi connectivity index (χ0) is 20.9. The minimum atomic E-state index is -0.432. The van der Waals surface area contributed by atoms with Crippen LogP contribution in [0, 0.1) is 10.1 Å². The Bertz CT molecular complexity index is 967. The Balaban J connectivity index is 1.28. The Kier molecular flexibility index (Phi) is 6.53. The van der Waals surface area contributed by atoms with Crippen LogP contribution in [0.1, 0.15) is 4.88 Å². The van der Waals surface area contributed by atoms with Crippen molar-refractivity contribution in [2.45, 2.75) is 19.2 Å². The van der Waals surface area contributed by atoms with Gasteiger partial charge in [-0.15, -0.1) is 11.3 Å². The standard InChI is InChI=1S/C21H25N5O3S/c27-17(15-25-9-3-8-22-25)14-23-10-12-24(13-11-23)16-18-6-7-21(30-18)19-4-1-2-5-20(19)26(28)29/h1-9,17,27H,10-16H2/t17-/m0/s1. The van der Waals surface area contributed by atoms with E-state index in [0.29, 0.717) is 18.7 Å². The first kappa shape index (κ1) is 20.7. The van der Waals surface area contributed by atoms with Crippen LogP contribution in [-0.4, -0.2) is 68.4 Å². The quantitative estimate of drug-likeness (QED) is 0.439. The van der Waals surface area contributed by atoms with E-state index in [0.717, 1.165) is 37.6 Å². The van der Waals surface area contributed by atoms with Crippen LogP contribution in [0.3, 0.4) is 0 Å². The van der Waals surface area contributed by atoms with Gasteiger partial charge in [-0.1, -0.05) is 12.1 Å². The molecular weight excluding hydrogens is 402 g/mol. The summed E-state index contributed by atoms with van der Waals surface area (Å²) in [5.74, 6) is 0. The third-order valence-corrected chi connectivity index (χ3v) is 6.40. The highest BCUT2D eigenvalue weighted by molar-refractivity contribution is 7.15. The zero-order valence-electron chi connectivity index (χ0n) is 16.6. The topological polar surface area (TPSA) is 87.7 Å². The van der Waals surface area contributed by atoms with Crippen molar-refractivity contribution < 1.29 is 10.0 Å². The molecule has 30 heavy (non-hydrogen) atoms. The maximum absolute atomic E-state index is 11.3. The lowest BCUT2D eigenvalue weighted by Gasteiger charge is -2.35. The number of para-hydroxylation sites is 1. The molecule has 0 saturated carbocycles. The summed E-state index contributed by atoms with van der Waals surface area (Å²) < 4.78 is 1.76. The van der Waals surface area contributed by atoms with Crippen molar-refractivity contribution >= 4 is 17.0 Å². The van der Waals surface area contributed by atoms with E-state index in [9.17, 15) is 15.2 Å². The Morgan fingerprint density at radius 2 is 1.83 bits per heavy atom. The maximum Gasteiger partial charge on any atom is 0.278 e. The molecule has 0 amide bonds. The molecule has 1 aliphatic rings. The van der Waals surface area contributed by atoms with Gasteiger partial charge in [-0.25, -0.2) is 0 Å². The van der Waals surface area contributed by atoms with Crippen LogP contribution in [0.2, 0.25) is 0 Å². The van der Waals surface area contributed by atoms with Crippen LogP contribution in [-0.2, 0) is 13.1 Å². The molecule has 1 N–H and O–H groups in total. The fourth-order valence-corrected chi connectivity index (χ4v) is 4.86. The fraction of sp³-hybridized carbons (Fsp3) is 0.381. The van der Waals surface area contributed by atoms with Crippen LogP contribution in [0.15, 0.2) is 54.9 Å². The molecule has 1 fully saturated rings. The van der Waals surface area contributed by atoms with Crippen molar-refractivity contribution in [3.63, 3.8) is 0 Å². The second kappa shape index (κ2) is 9.48. The number of hydrogen-bond acceptors (Lipinski definition) is 7. The first-order valence-corrected chi connectivity index (χ1v) is 10.8. The summed E-state index contributed by atoms with van der Waals surface area (Å²) in [7, 11) is 0. The smallest absolute Gasteiger partial charge is 0.278 e. The summed E-state index contributed by atoms with van der Waals surface area (Å²) in [6.07, 6.45) is 3.15. The number of thiophene rings is 1. The molecule has 9 heteroatoms. The number of benzene rings is 1. The Morgan fingerprint density at radius 3 is 2.57 bits per heavy atom. The molecular formula is C21H25N5O3S. The minimum Gasteiger partial charge on any atom is -0.390 e. The van der Waals surface area contributed by atoms with Gasteiger partial charge in [0.2, 0.25) is 0 Å². The maximum atomic E-state index is 11.3. The molecule has 8 nitrogen and oxygen atoms in total. The molecule has 3 heterocycles.